The highest BCUT2D eigenvalue weighted by Crippen LogP contribution is 2.26. The van der Waals surface area contributed by atoms with Crippen molar-refractivity contribution in [1.82, 2.24) is 14.9 Å². The van der Waals surface area contributed by atoms with E-state index in [4.69, 9.17) is 0 Å². The minimum Gasteiger partial charge on any atom is -0.334 e. The second-order valence-electron chi connectivity index (χ2n) is 5.24. The van der Waals surface area contributed by atoms with Gasteiger partial charge in [-0.15, -0.1) is 0 Å². The first-order chi connectivity index (χ1) is 7.77. The Morgan fingerprint density at radius 2 is 2.31 bits per heavy atom. The summed E-state index contributed by atoms with van der Waals surface area (Å²) in [5.74, 6) is 1.40. The Morgan fingerprint density at radius 3 is 3.12 bits per heavy atom. The van der Waals surface area contributed by atoms with Gasteiger partial charge in [0.2, 0.25) is 0 Å². The molecule has 0 aliphatic carbocycles. The van der Waals surface area contributed by atoms with Crippen LogP contribution >= 0.6 is 0 Å². The molecule has 0 bridgehead atoms. The maximum Gasteiger partial charge on any atom is 0.0948 e. The fourth-order valence-electron chi connectivity index (χ4n) is 2.53. The highest BCUT2D eigenvalue weighted by Gasteiger charge is 2.17. The highest BCUT2D eigenvalue weighted by atomic mass is 15.0. The van der Waals surface area contributed by atoms with Crippen LogP contribution in [0.4, 0.5) is 0 Å². The smallest absolute Gasteiger partial charge is 0.0948 e. The molecule has 3 heteroatoms. The topological polar surface area (TPSA) is 29.9 Å². The van der Waals surface area contributed by atoms with Crippen LogP contribution in [0.5, 0.6) is 0 Å². The molecule has 1 aliphatic rings. The van der Waals surface area contributed by atoms with Gasteiger partial charge in [0.05, 0.1) is 6.33 Å². The molecule has 1 unspecified atom stereocenters. The molecule has 1 fully saturated rings. The van der Waals surface area contributed by atoms with Crippen LogP contribution in [0.3, 0.4) is 0 Å². The summed E-state index contributed by atoms with van der Waals surface area (Å²) >= 11 is 0. The van der Waals surface area contributed by atoms with Gasteiger partial charge in [0.25, 0.3) is 0 Å². The first kappa shape index (κ1) is 11.6. The number of hydrogen-bond acceptors (Lipinski definition) is 2. The van der Waals surface area contributed by atoms with E-state index in [2.05, 4.69) is 34.9 Å². The van der Waals surface area contributed by atoms with E-state index in [1.54, 1.807) is 0 Å². The van der Waals surface area contributed by atoms with E-state index in [9.17, 15) is 0 Å². The van der Waals surface area contributed by atoms with Gasteiger partial charge in [0, 0.05) is 24.4 Å². The largest absolute Gasteiger partial charge is 0.334 e. The number of imidazole rings is 1. The molecule has 0 saturated carbocycles. The summed E-state index contributed by atoms with van der Waals surface area (Å²) in [6, 6.07) is 0. The zero-order valence-electron chi connectivity index (χ0n) is 10.4. The Kier molecular flexibility index (Phi) is 3.99. The van der Waals surface area contributed by atoms with Crippen molar-refractivity contribution in [2.24, 2.45) is 5.92 Å². The van der Waals surface area contributed by atoms with Crippen LogP contribution in [0, 0.1) is 5.92 Å². The van der Waals surface area contributed by atoms with Gasteiger partial charge >= 0.3 is 0 Å². The summed E-state index contributed by atoms with van der Waals surface area (Å²) in [5.41, 5.74) is 1.44. The lowest BCUT2D eigenvalue weighted by Crippen LogP contribution is -2.15. The molecule has 3 nitrogen and oxygen atoms in total. The summed E-state index contributed by atoms with van der Waals surface area (Å²) in [4.78, 5) is 4.32. The molecule has 1 atom stereocenters. The van der Waals surface area contributed by atoms with Crippen LogP contribution in [0.15, 0.2) is 12.5 Å². The normalized spacial score (nSPS) is 22.3. The monoisotopic (exact) mass is 221 g/mol. The fourth-order valence-corrected chi connectivity index (χ4v) is 2.53. The number of nitrogens with zero attached hydrogens (tertiary/aromatic N) is 2. The van der Waals surface area contributed by atoms with E-state index >= 15 is 0 Å². The number of aromatic nitrogens is 2. The van der Waals surface area contributed by atoms with Crippen molar-refractivity contribution in [1.29, 1.82) is 0 Å². The van der Waals surface area contributed by atoms with Gasteiger partial charge in [-0.05, 0) is 38.3 Å². The standard InChI is InChI=1S/C13H23N3/c1-11(2)9-16-10-15-8-13(16)12-4-3-6-14-7-5-12/h8,10-12,14H,3-7,9H2,1-2H3. The highest BCUT2D eigenvalue weighted by molar-refractivity contribution is 5.07. The Balaban J connectivity index is 2.09. The molecule has 0 aromatic carbocycles. The molecule has 1 N–H and O–H groups in total. The van der Waals surface area contributed by atoms with Crippen LogP contribution < -0.4 is 5.32 Å². The van der Waals surface area contributed by atoms with Gasteiger partial charge in [-0.25, -0.2) is 4.98 Å². The second-order valence-corrected chi connectivity index (χ2v) is 5.24. The Bertz CT molecular complexity index is 309. The van der Waals surface area contributed by atoms with Gasteiger partial charge in [0.15, 0.2) is 0 Å². The Morgan fingerprint density at radius 1 is 1.44 bits per heavy atom. The molecule has 16 heavy (non-hydrogen) atoms. The molecule has 1 aliphatic heterocycles. The molecular weight excluding hydrogens is 198 g/mol. The zero-order valence-corrected chi connectivity index (χ0v) is 10.4. The summed E-state index contributed by atoms with van der Waals surface area (Å²) in [7, 11) is 0. The van der Waals surface area contributed by atoms with E-state index < -0.39 is 0 Å². The van der Waals surface area contributed by atoms with Gasteiger partial charge in [-0.2, -0.15) is 0 Å². The number of nitrogens with one attached hydrogen (secondary N) is 1. The molecule has 2 heterocycles. The van der Waals surface area contributed by atoms with Crippen molar-refractivity contribution in [3.8, 4) is 0 Å². The molecule has 0 amide bonds. The average molecular weight is 221 g/mol. The summed E-state index contributed by atoms with van der Waals surface area (Å²) in [6.07, 6.45) is 7.91. The van der Waals surface area contributed by atoms with Gasteiger partial charge in [-0.1, -0.05) is 13.8 Å². The van der Waals surface area contributed by atoms with E-state index in [0.29, 0.717) is 11.8 Å². The van der Waals surface area contributed by atoms with Crippen LogP contribution in [0.1, 0.15) is 44.7 Å². The minimum absolute atomic E-state index is 0.692. The zero-order chi connectivity index (χ0) is 11.4. The van der Waals surface area contributed by atoms with Crippen molar-refractivity contribution in [3.63, 3.8) is 0 Å². The van der Waals surface area contributed by atoms with Crippen molar-refractivity contribution >= 4 is 0 Å². The predicted molar refractivity (Wildman–Crippen MR) is 66.5 cm³/mol. The molecular formula is C13H23N3. The number of hydrogen-bond donors (Lipinski definition) is 1. The first-order valence-corrected chi connectivity index (χ1v) is 6.48. The van der Waals surface area contributed by atoms with Crippen LogP contribution in [0.25, 0.3) is 0 Å². The summed E-state index contributed by atoms with van der Waals surface area (Å²) in [5, 5.41) is 3.47. The third kappa shape index (κ3) is 2.85. The maximum absolute atomic E-state index is 4.32. The van der Waals surface area contributed by atoms with Crippen LogP contribution in [-0.2, 0) is 6.54 Å². The third-order valence-corrected chi connectivity index (χ3v) is 3.30. The lowest BCUT2D eigenvalue weighted by Gasteiger charge is -2.17. The van der Waals surface area contributed by atoms with E-state index in [0.717, 1.165) is 13.1 Å². The lowest BCUT2D eigenvalue weighted by atomic mass is 9.97. The molecule has 90 valence electrons. The third-order valence-electron chi connectivity index (χ3n) is 3.30. The number of rotatable bonds is 3. The minimum atomic E-state index is 0.692. The molecule has 0 radical (unpaired) electrons. The van der Waals surface area contributed by atoms with E-state index in [-0.39, 0.29) is 0 Å². The molecule has 1 aromatic rings. The second kappa shape index (κ2) is 5.48. The molecule has 1 aromatic heterocycles. The van der Waals surface area contributed by atoms with Crippen LogP contribution in [0.2, 0.25) is 0 Å². The van der Waals surface area contributed by atoms with Crippen molar-refractivity contribution < 1.29 is 0 Å². The van der Waals surface area contributed by atoms with E-state index in [1.807, 2.05) is 6.33 Å². The van der Waals surface area contributed by atoms with Gasteiger partial charge in [-0.3, -0.25) is 0 Å². The summed E-state index contributed by atoms with van der Waals surface area (Å²) in [6.45, 7) is 7.95. The molecule has 0 spiro atoms. The first-order valence-electron chi connectivity index (χ1n) is 6.48. The fraction of sp³-hybridized carbons (Fsp3) is 0.769. The van der Waals surface area contributed by atoms with Crippen molar-refractivity contribution in [2.45, 2.75) is 45.6 Å². The SMILES string of the molecule is CC(C)Cn1cncc1C1CCCNCC1. The summed E-state index contributed by atoms with van der Waals surface area (Å²) < 4.78 is 2.35. The Hall–Kier alpha value is -0.830. The quantitative estimate of drug-likeness (QED) is 0.849. The van der Waals surface area contributed by atoms with Gasteiger partial charge < -0.3 is 9.88 Å². The predicted octanol–water partition coefficient (Wildman–Crippen LogP) is 2.40. The Labute approximate surface area is 98.3 Å². The van der Waals surface area contributed by atoms with Crippen molar-refractivity contribution in [3.05, 3.63) is 18.2 Å². The van der Waals surface area contributed by atoms with Gasteiger partial charge in [0.1, 0.15) is 0 Å². The molecule has 2 rings (SSSR count). The molecule has 1 saturated heterocycles. The maximum atomic E-state index is 4.32. The van der Waals surface area contributed by atoms with E-state index in [1.165, 1.54) is 31.5 Å². The lowest BCUT2D eigenvalue weighted by molar-refractivity contribution is 0.479. The van der Waals surface area contributed by atoms with Crippen molar-refractivity contribution in [2.75, 3.05) is 13.1 Å². The average Bonchev–Trinajstić information content (AvgIpc) is 2.53. The van der Waals surface area contributed by atoms with Crippen LogP contribution in [-0.4, -0.2) is 22.6 Å².